The number of hydrogen-bond donors (Lipinski definition) is 1. The van der Waals surface area contributed by atoms with Crippen LogP contribution >= 0.6 is 11.6 Å². The van der Waals surface area contributed by atoms with E-state index in [1.165, 1.54) is 0 Å². The van der Waals surface area contributed by atoms with Crippen molar-refractivity contribution in [3.63, 3.8) is 0 Å². The van der Waals surface area contributed by atoms with Crippen LogP contribution in [0.3, 0.4) is 0 Å². The van der Waals surface area contributed by atoms with Gasteiger partial charge in [0.2, 0.25) is 5.89 Å². The molecule has 1 N–H and O–H groups in total. The van der Waals surface area contributed by atoms with Gasteiger partial charge in [-0.2, -0.15) is 0 Å². The molecule has 2 amide bonds. The molecule has 0 bridgehead atoms. The Morgan fingerprint density at radius 2 is 1.87 bits per heavy atom. The third kappa shape index (κ3) is 5.15. The van der Waals surface area contributed by atoms with E-state index < -0.39 is 0 Å². The molecule has 0 unspecified atom stereocenters. The topological polar surface area (TPSA) is 87.9 Å². The Balaban J connectivity index is 1.27. The zero-order valence-corrected chi connectivity index (χ0v) is 17.9. The van der Waals surface area contributed by atoms with E-state index in [-0.39, 0.29) is 12.0 Å². The van der Waals surface area contributed by atoms with Crippen molar-refractivity contribution in [1.29, 1.82) is 0 Å². The average molecular weight is 443 g/mol. The summed E-state index contributed by atoms with van der Waals surface area (Å²) in [6.07, 6.45) is 0. The number of ether oxygens (including phenoxy) is 1. The van der Waals surface area contributed by atoms with Crippen molar-refractivity contribution < 1.29 is 18.7 Å². The van der Waals surface area contributed by atoms with Gasteiger partial charge in [0, 0.05) is 43.0 Å². The first kappa shape index (κ1) is 21.1. The lowest BCUT2D eigenvalue weighted by Gasteiger charge is -2.34. The fraction of sp³-hybridized carbons (Fsp3) is 0.318. The van der Waals surface area contributed by atoms with Gasteiger partial charge in [-0.1, -0.05) is 11.6 Å². The Labute approximate surface area is 184 Å². The summed E-state index contributed by atoms with van der Waals surface area (Å²) < 4.78 is 10.7. The minimum atomic E-state index is -0.376. The summed E-state index contributed by atoms with van der Waals surface area (Å²) in [4.78, 5) is 32.7. The van der Waals surface area contributed by atoms with Crippen molar-refractivity contribution in [3.05, 3.63) is 58.9 Å². The van der Waals surface area contributed by atoms with E-state index in [2.05, 4.69) is 15.2 Å². The number of esters is 1. The summed E-state index contributed by atoms with van der Waals surface area (Å²) in [5.41, 5.74) is 2.54. The third-order valence-corrected chi connectivity index (χ3v) is 5.30. The summed E-state index contributed by atoms with van der Waals surface area (Å²) in [6, 6.07) is 11.9. The van der Waals surface area contributed by atoms with E-state index >= 15 is 0 Å². The number of nitrogens with one attached hydrogen (secondary N) is 1. The number of nitrogens with zero attached hydrogens (tertiary/aromatic N) is 3. The van der Waals surface area contributed by atoms with E-state index in [1.54, 1.807) is 48.2 Å². The van der Waals surface area contributed by atoms with Crippen molar-refractivity contribution >= 4 is 40.4 Å². The highest BCUT2D eigenvalue weighted by atomic mass is 35.5. The number of anilines is 1. The van der Waals surface area contributed by atoms with Gasteiger partial charge in [0.15, 0.2) is 5.58 Å². The molecule has 1 aliphatic heterocycles. The van der Waals surface area contributed by atoms with Gasteiger partial charge in [-0.05, 0) is 43.3 Å². The van der Waals surface area contributed by atoms with Crippen LogP contribution in [-0.2, 0) is 11.3 Å². The van der Waals surface area contributed by atoms with Crippen LogP contribution in [-0.4, -0.2) is 59.6 Å². The molecule has 31 heavy (non-hydrogen) atoms. The quantitative estimate of drug-likeness (QED) is 0.601. The molecule has 1 fully saturated rings. The number of hydrogen-bond acceptors (Lipinski definition) is 6. The molecule has 8 nitrogen and oxygen atoms in total. The minimum absolute atomic E-state index is 0.167. The fourth-order valence-corrected chi connectivity index (χ4v) is 3.58. The molecular weight excluding hydrogens is 420 g/mol. The summed E-state index contributed by atoms with van der Waals surface area (Å²) >= 11 is 6.00. The van der Waals surface area contributed by atoms with Crippen molar-refractivity contribution in [2.24, 2.45) is 0 Å². The number of piperazine rings is 1. The lowest BCUT2D eigenvalue weighted by atomic mass is 10.2. The number of urea groups is 1. The van der Waals surface area contributed by atoms with Crippen LogP contribution in [0.2, 0.25) is 5.02 Å². The number of carbonyl (C=O) groups is 2. The Kier molecular flexibility index (Phi) is 6.39. The van der Waals surface area contributed by atoms with E-state index in [1.807, 2.05) is 6.07 Å². The minimum Gasteiger partial charge on any atom is -0.462 e. The molecule has 9 heteroatoms. The second-order valence-electron chi connectivity index (χ2n) is 7.21. The van der Waals surface area contributed by atoms with Crippen molar-refractivity contribution in [2.75, 3.05) is 38.1 Å². The van der Waals surface area contributed by atoms with Crippen molar-refractivity contribution in [2.45, 2.75) is 13.5 Å². The van der Waals surface area contributed by atoms with Crippen molar-refractivity contribution in [3.8, 4) is 0 Å². The highest BCUT2D eigenvalue weighted by Crippen LogP contribution is 2.21. The molecule has 0 atom stereocenters. The Morgan fingerprint density at radius 3 is 2.58 bits per heavy atom. The summed E-state index contributed by atoms with van der Waals surface area (Å²) in [7, 11) is 0. The number of benzene rings is 2. The largest absolute Gasteiger partial charge is 0.462 e. The number of halogens is 1. The van der Waals surface area contributed by atoms with Gasteiger partial charge < -0.3 is 19.4 Å². The van der Waals surface area contributed by atoms with Gasteiger partial charge in [-0.3, -0.25) is 4.90 Å². The summed E-state index contributed by atoms with van der Waals surface area (Å²) in [5.74, 6) is 0.260. The van der Waals surface area contributed by atoms with Crippen LogP contribution in [0.1, 0.15) is 23.2 Å². The first-order valence-corrected chi connectivity index (χ1v) is 10.5. The Bertz CT molecular complexity index is 1070. The molecule has 1 aromatic heterocycles. The second kappa shape index (κ2) is 9.36. The molecule has 2 aromatic carbocycles. The first-order chi connectivity index (χ1) is 15.0. The number of fused-ring (bicyclic) bond motifs is 1. The molecule has 3 aromatic rings. The molecule has 0 saturated carbocycles. The summed E-state index contributed by atoms with van der Waals surface area (Å²) in [5, 5.41) is 3.49. The molecule has 1 saturated heterocycles. The van der Waals surface area contributed by atoms with Crippen LogP contribution in [0.25, 0.3) is 11.1 Å². The van der Waals surface area contributed by atoms with Gasteiger partial charge in [0.1, 0.15) is 5.52 Å². The van der Waals surface area contributed by atoms with Crippen LogP contribution < -0.4 is 5.32 Å². The molecule has 0 radical (unpaired) electrons. The van der Waals surface area contributed by atoms with E-state index in [0.29, 0.717) is 67.1 Å². The number of oxazole rings is 1. The van der Waals surface area contributed by atoms with Crippen LogP contribution in [0, 0.1) is 0 Å². The summed E-state index contributed by atoms with van der Waals surface area (Å²) in [6.45, 7) is 5.29. The average Bonchev–Trinajstić information content (AvgIpc) is 3.16. The van der Waals surface area contributed by atoms with Crippen LogP contribution in [0.4, 0.5) is 10.5 Å². The van der Waals surface area contributed by atoms with E-state index in [4.69, 9.17) is 20.8 Å². The maximum absolute atomic E-state index is 12.6. The molecule has 0 aliphatic carbocycles. The highest BCUT2D eigenvalue weighted by molar-refractivity contribution is 6.31. The fourth-order valence-electron chi connectivity index (χ4n) is 3.42. The SMILES string of the molecule is CCOC(=O)c1ccc(NC(=O)N2CCN(Cc3nc4ccc(Cl)cc4o3)CC2)cc1. The zero-order chi connectivity index (χ0) is 21.8. The van der Waals surface area contributed by atoms with Crippen molar-refractivity contribution in [1.82, 2.24) is 14.8 Å². The number of amides is 2. The molecule has 0 spiro atoms. The van der Waals surface area contributed by atoms with E-state index in [0.717, 1.165) is 5.52 Å². The van der Waals surface area contributed by atoms with Crippen LogP contribution in [0.5, 0.6) is 0 Å². The third-order valence-electron chi connectivity index (χ3n) is 5.06. The zero-order valence-electron chi connectivity index (χ0n) is 17.1. The molecule has 1 aliphatic rings. The predicted octanol–water partition coefficient (Wildman–Crippen LogP) is 4.01. The molecule has 4 rings (SSSR count). The number of rotatable bonds is 5. The first-order valence-electron chi connectivity index (χ1n) is 10.1. The smallest absolute Gasteiger partial charge is 0.338 e. The Morgan fingerprint density at radius 1 is 1.13 bits per heavy atom. The molecular formula is C22H23ClN4O4. The van der Waals surface area contributed by atoms with Gasteiger partial charge >= 0.3 is 12.0 Å². The van der Waals surface area contributed by atoms with Gasteiger partial charge in [-0.15, -0.1) is 0 Å². The van der Waals surface area contributed by atoms with Gasteiger partial charge in [0.05, 0.1) is 18.7 Å². The standard InChI is InChI=1S/C22H23ClN4O4/c1-2-30-21(28)15-3-6-17(7-4-15)24-22(29)27-11-9-26(10-12-27)14-20-25-18-8-5-16(23)13-19(18)31-20/h3-8,13H,2,9-12,14H2,1H3,(H,24,29). The van der Waals surface area contributed by atoms with Crippen LogP contribution in [0.15, 0.2) is 46.9 Å². The van der Waals surface area contributed by atoms with E-state index in [9.17, 15) is 9.59 Å². The normalized spacial score (nSPS) is 14.6. The second-order valence-corrected chi connectivity index (χ2v) is 7.65. The predicted molar refractivity (Wildman–Crippen MR) is 117 cm³/mol. The maximum atomic E-state index is 12.6. The molecule has 162 valence electrons. The van der Waals surface area contributed by atoms with Gasteiger partial charge in [-0.25, -0.2) is 14.6 Å². The lowest BCUT2D eigenvalue weighted by Crippen LogP contribution is -2.49. The number of aromatic nitrogens is 1. The van der Waals surface area contributed by atoms with Gasteiger partial charge in [0.25, 0.3) is 0 Å². The highest BCUT2D eigenvalue weighted by Gasteiger charge is 2.22. The maximum Gasteiger partial charge on any atom is 0.338 e. The monoisotopic (exact) mass is 442 g/mol. The number of carbonyl (C=O) groups excluding carboxylic acids is 2. The Hall–Kier alpha value is -3.10. The lowest BCUT2D eigenvalue weighted by molar-refractivity contribution is 0.0526. The molecule has 2 heterocycles.